The average Bonchev–Trinajstić information content (AvgIpc) is 2.95. The van der Waals surface area contributed by atoms with Crippen molar-refractivity contribution in [1.82, 2.24) is 10.2 Å². The van der Waals surface area contributed by atoms with E-state index in [9.17, 15) is 9.59 Å². The Labute approximate surface area is 127 Å². The maximum Gasteiger partial charge on any atom is 0.349 e. The van der Waals surface area contributed by atoms with E-state index in [2.05, 4.69) is 15.5 Å². The molecule has 0 saturated heterocycles. The van der Waals surface area contributed by atoms with Crippen LogP contribution < -0.4 is 10.9 Å². The molecule has 0 aliphatic rings. The van der Waals surface area contributed by atoms with E-state index >= 15 is 0 Å². The number of aromatic nitrogens is 2. The Balaban J connectivity index is 2.19. The van der Waals surface area contributed by atoms with Crippen LogP contribution in [0.3, 0.4) is 0 Å². The molecule has 0 spiro atoms. The highest BCUT2D eigenvalue weighted by Crippen LogP contribution is 2.30. The summed E-state index contributed by atoms with van der Waals surface area (Å²) in [6.45, 7) is 0. The zero-order valence-electron chi connectivity index (χ0n) is 10.8. The summed E-state index contributed by atoms with van der Waals surface area (Å²) in [6.07, 6.45) is 2.38. The van der Waals surface area contributed by atoms with Crippen LogP contribution in [0.1, 0.15) is 10.4 Å². The van der Waals surface area contributed by atoms with Gasteiger partial charge in [-0.25, -0.2) is 4.79 Å². The SMILES string of the molecule is CSc1nnc(Nc2c(C=O)c(=O)oc3ccccc23)s1. The van der Waals surface area contributed by atoms with E-state index in [1.54, 1.807) is 24.3 Å². The Kier molecular flexibility index (Phi) is 3.72. The van der Waals surface area contributed by atoms with Crippen molar-refractivity contribution in [1.29, 1.82) is 0 Å². The number of aldehydes is 1. The lowest BCUT2D eigenvalue weighted by Crippen LogP contribution is -2.10. The number of thioether (sulfide) groups is 1. The Morgan fingerprint density at radius 3 is 2.86 bits per heavy atom. The number of fused-ring (bicyclic) bond motifs is 1. The Hall–Kier alpha value is -2.19. The molecule has 106 valence electrons. The highest BCUT2D eigenvalue weighted by atomic mass is 32.2. The lowest BCUT2D eigenvalue weighted by atomic mass is 10.1. The number of hydrogen-bond acceptors (Lipinski definition) is 8. The highest BCUT2D eigenvalue weighted by Gasteiger charge is 2.15. The fraction of sp³-hybridized carbons (Fsp3) is 0.0769. The van der Waals surface area contributed by atoms with Gasteiger partial charge in [-0.3, -0.25) is 4.79 Å². The molecule has 0 aliphatic heterocycles. The van der Waals surface area contributed by atoms with Crippen LogP contribution in [-0.2, 0) is 0 Å². The fourth-order valence-electron chi connectivity index (χ4n) is 1.86. The first-order chi connectivity index (χ1) is 10.2. The second-order valence-corrected chi connectivity index (χ2v) is 6.03. The second kappa shape index (κ2) is 5.66. The normalized spacial score (nSPS) is 10.7. The molecule has 0 radical (unpaired) electrons. The van der Waals surface area contributed by atoms with Crippen molar-refractivity contribution in [3.05, 3.63) is 40.2 Å². The molecule has 0 saturated carbocycles. The Bertz CT molecular complexity index is 872. The van der Waals surface area contributed by atoms with Crippen LogP contribution in [0, 0.1) is 0 Å². The van der Waals surface area contributed by atoms with Crippen molar-refractivity contribution in [3.63, 3.8) is 0 Å². The molecule has 0 bridgehead atoms. The third-order valence-electron chi connectivity index (χ3n) is 2.78. The number of para-hydroxylation sites is 1. The summed E-state index contributed by atoms with van der Waals surface area (Å²) in [5, 5.41) is 12.1. The van der Waals surface area contributed by atoms with Crippen molar-refractivity contribution in [2.75, 3.05) is 11.6 Å². The molecule has 21 heavy (non-hydrogen) atoms. The van der Waals surface area contributed by atoms with Gasteiger partial charge < -0.3 is 9.73 Å². The molecule has 3 rings (SSSR count). The van der Waals surface area contributed by atoms with E-state index in [0.29, 0.717) is 28.1 Å². The lowest BCUT2D eigenvalue weighted by molar-refractivity contribution is 0.112. The number of carbonyl (C=O) groups excluding carboxylic acids is 1. The molecule has 0 unspecified atom stereocenters. The standard InChI is InChI=1S/C13H9N3O3S2/c1-20-13-16-15-12(21-13)14-10-7-4-2-3-5-9(7)19-11(18)8(10)6-17/h2-6H,1H3,(H,14,15). The van der Waals surface area contributed by atoms with Gasteiger partial charge in [0, 0.05) is 5.39 Å². The van der Waals surface area contributed by atoms with Gasteiger partial charge in [0.2, 0.25) is 5.13 Å². The Morgan fingerprint density at radius 2 is 2.14 bits per heavy atom. The van der Waals surface area contributed by atoms with Crippen LogP contribution in [0.5, 0.6) is 0 Å². The van der Waals surface area contributed by atoms with Gasteiger partial charge in [-0.2, -0.15) is 0 Å². The number of hydrogen-bond donors (Lipinski definition) is 1. The molecule has 2 heterocycles. The molecule has 2 aromatic heterocycles. The molecule has 0 fully saturated rings. The van der Waals surface area contributed by atoms with Gasteiger partial charge in [0.05, 0.1) is 5.69 Å². The molecule has 8 heteroatoms. The summed E-state index contributed by atoms with van der Waals surface area (Å²) in [5.74, 6) is 0. The van der Waals surface area contributed by atoms with E-state index < -0.39 is 5.63 Å². The summed E-state index contributed by atoms with van der Waals surface area (Å²) in [6, 6.07) is 7.00. The van der Waals surface area contributed by atoms with Gasteiger partial charge in [0.25, 0.3) is 0 Å². The van der Waals surface area contributed by atoms with E-state index in [-0.39, 0.29) is 5.56 Å². The van der Waals surface area contributed by atoms with E-state index in [0.717, 1.165) is 4.34 Å². The number of nitrogens with one attached hydrogen (secondary N) is 1. The van der Waals surface area contributed by atoms with Crippen LogP contribution in [0.2, 0.25) is 0 Å². The van der Waals surface area contributed by atoms with E-state index in [4.69, 9.17) is 4.42 Å². The quantitative estimate of drug-likeness (QED) is 0.449. The molecule has 3 aromatic rings. The molecule has 6 nitrogen and oxygen atoms in total. The predicted molar refractivity (Wildman–Crippen MR) is 82.8 cm³/mol. The minimum atomic E-state index is -0.680. The lowest BCUT2D eigenvalue weighted by Gasteiger charge is -2.07. The first-order valence-corrected chi connectivity index (χ1v) is 7.92. The van der Waals surface area contributed by atoms with Gasteiger partial charge in [-0.05, 0) is 18.4 Å². The molecule has 0 aliphatic carbocycles. The van der Waals surface area contributed by atoms with Crippen molar-refractivity contribution < 1.29 is 9.21 Å². The first-order valence-electron chi connectivity index (χ1n) is 5.88. The van der Waals surface area contributed by atoms with Crippen LogP contribution in [0.25, 0.3) is 11.0 Å². The second-order valence-electron chi connectivity index (χ2n) is 3.99. The van der Waals surface area contributed by atoms with Gasteiger partial charge in [-0.1, -0.05) is 35.2 Å². The highest BCUT2D eigenvalue weighted by molar-refractivity contribution is 8.00. The maximum absolute atomic E-state index is 11.9. The number of benzene rings is 1. The van der Waals surface area contributed by atoms with Crippen LogP contribution in [0.4, 0.5) is 10.8 Å². The molecular weight excluding hydrogens is 310 g/mol. The minimum Gasteiger partial charge on any atom is -0.422 e. The van der Waals surface area contributed by atoms with Crippen molar-refractivity contribution in [3.8, 4) is 0 Å². The molecule has 1 N–H and O–H groups in total. The van der Waals surface area contributed by atoms with Crippen molar-refractivity contribution in [2.45, 2.75) is 4.34 Å². The zero-order valence-corrected chi connectivity index (χ0v) is 12.5. The Morgan fingerprint density at radius 1 is 1.33 bits per heavy atom. The van der Waals surface area contributed by atoms with Crippen molar-refractivity contribution in [2.24, 2.45) is 0 Å². The summed E-state index contributed by atoms with van der Waals surface area (Å²) in [4.78, 5) is 23.1. The topological polar surface area (TPSA) is 85.1 Å². The zero-order chi connectivity index (χ0) is 14.8. The van der Waals surface area contributed by atoms with Crippen LogP contribution in [0.15, 0.2) is 37.8 Å². The summed E-state index contributed by atoms with van der Waals surface area (Å²) >= 11 is 2.81. The number of rotatable bonds is 4. The molecule has 0 amide bonds. The number of nitrogens with zero attached hydrogens (tertiary/aromatic N) is 2. The summed E-state index contributed by atoms with van der Waals surface area (Å²) < 4.78 is 5.91. The predicted octanol–water partition coefficient (Wildman–Crippen LogP) is 2.92. The smallest absolute Gasteiger partial charge is 0.349 e. The van der Waals surface area contributed by atoms with E-state index in [1.807, 2.05) is 6.26 Å². The minimum absolute atomic E-state index is 0.0606. The van der Waals surface area contributed by atoms with Crippen LogP contribution in [-0.4, -0.2) is 22.7 Å². The van der Waals surface area contributed by atoms with E-state index in [1.165, 1.54) is 23.1 Å². The average molecular weight is 319 g/mol. The first kappa shape index (κ1) is 13.8. The van der Waals surface area contributed by atoms with Crippen LogP contribution >= 0.6 is 23.1 Å². The van der Waals surface area contributed by atoms with Gasteiger partial charge >= 0.3 is 5.63 Å². The third kappa shape index (κ3) is 2.55. The monoisotopic (exact) mass is 319 g/mol. The summed E-state index contributed by atoms with van der Waals surface area (Å²) in [5.41, 5.74) is 0.0567. The third-order valence-corrected chi connectivity index (χ3v) is 4.59. The number of carbonyl (C=O) groups is 1. The van der Waals surface area contributed by atoms with Gasteiger partial charge in [0.1, 0.15) is 11.1 Å². The van der Waals surface area contributed by atoms with Crippen molar-refractivity contribution >= 4 is 51.2 Å². The number of anilines is 2. The molecular formula is C13H9N3O3S2. The summed E-state index contributed by atoms with van der Waals surface area (Å²) in [7, 11) is 0. The maximum atomic E-state index is 11.9. The largest absolute Gasteiger partial charge is 0.422 e. The fourth-order valence-corrected chi connectivity index (χ4v) is 3.03. The molecule has 1 aromatic carbocycles. The van der Waals surface area contributed by atoms with Gasteiger partial charge in [-0.15, -0.1) is 10.2 Å². The van der Waals surface area contributed by atoms with Gasteiger partial charge in [0.15, 0.2) is 10.6 Å². The molecule has 0 atom stereocenters.